The van der Waals surface area contributed by atoms with Crippen LogP contribution in [0.25, 0.3) is 10.2 Å². The molecule has 4 heteroatoms. The van der Waals surface area contributed by atoms with Crippen LogP contribution in [-0.4, -0.2) is 4.98 Å². The third-order valence-electron chi connectivity index (χ3n) is 1.61. The molecule has 1 aromatic heterocycles. The highest BCUT2D eigenvalue weighted by molar-refractivity contribution is 7.22. The van der Waals surface area contributed by atoms with E-state index in [-0.39, 0.29) is 5.82 Å². The van der Waals surface area contributed by atoms with Crippen molar-refractivity contribution in [1.29, 1.82) is 0 Å². The lowest BCUT2D eigenvalue weighted by Crippen LogP contribution is -1.82. The third kappa shape index (κ3) is 1.04. The number of nitrogens with zero attached hydrogens (tertiary/aromatic N) is 1. The molecule has 2 aromatic rings. The summed E-state index contributed by atoms with van der Waals surface area (Å²) in [5.41, 5.74) is 6.72. The first-order chi connectivity index (χ1) is 5.66. The lowest BCUT2D eigenvalue weighted by molar-refractivity contribution is 0.636. The summed E-state index contributed by atoms with van der Waals surface area (Å²) in [6.45, 7) is 1.85. The molecule has 62 valence electrons. The maximum absolute atomic E-state index is 13.1. The van der Waals surface area contributed by atoms with Gasteiger partial charge in [0.2, 0.25) is 0 Å². The second kappa shape index (κ2) is 2.42. The molecule has 0 amide bonds. The van der Waals surface area contributed by atoms with E-state index in [2.05, 4.69) is 4.98 Å². The van der Waals surface area contributed by atoms with Crippen molar-refractivity contribution in [2.75, 3.05) is 5.73 Å². The second-order valence-corrected chi connectivity index (χ2v) is 3.71. The van der Waals surface area contributed by atoms with Crippen molar-refractivity contribution in [3.63, 3.8) is 0 Å². The molecule has 0 aliphatic heterocycles. The first-order valence-electron chi connectivity index (χ1n) is 3.49. The predicted octanol–water partition coefficient (Wildman–Crippen LogP) is 2.33. The Kier molecular flexibility index (Phi) is 1.51. The first kappa shape index (κ1) is 7.49. The van der Waals surface area contributed by atoms with Crippen LogP contribution in [0.1, 0.15) is 5.56 Å². The molecule has 1 aromatic carbocycles. The predicted molar refractivity (Wildman–Crippen MR) is 48.7 cm³/mol. The zero-order valence-electron chi connectivity index (χ0n) is 6.47. The van der Waals surface area contributed by atoms with Gasteiger partial charge in [0, 0.05) is 0 Å². The summed E-state index contributed by atoms with van der Waals surface area (Å²) in [5.74, 6) is -0.294. The molecule has 0 fully saturated rings. The number of nitrogens with two attached hydrogens (primary N) is 1. The molecule has 2 rings (SSSR count). The van der Waals surface area contributed by atoms with Crippen LogP contribution in [0.4, 0.5) is 9.52 Å². The molecule has 0 aliphatic carbocycles. The maximum Gasteiger partial charge on any atom is 0.181 e. The van der Waals surface area contributed by atoms with E-state index in [0.29, 0.717) is 10.6 Å². The fourth-order valence-corrected chi connectivity index (χ4v) is 1.98. The standard InChI is InChI=1S/C8H7FN2S/c1-4-2-5(9)7-6(3-4)12-8(10)11-7/h2-3H,1H3,(H2,10,11). The van der Waals surface area contributed by atoms with Crippen molar-refractivity contribution in [1.82, 2.24) is 4.98 Å². The Labute approximate surface area is 72.8 Å². The van der Waals surface area contributed by atoms with Gasteiger partial charge in [-0.15, -0.1) is 0 Å². The van der Waals surface area contributed by atoms with Crippen molar-refractivity contribution < 1.29 is 4.39 Å². The topological polar surface area (TPSA) is 38.9 Å². The normalized spacial score (nSPS) is 10.8. The molecule has 0 bridgehead atoms. The molecule has 0 saturated carbocycles. The molecule has 0 spiro atoms. The molecule has 0 atom stereocenters. The van der Waals surface area contributed by atoms with E-state index in [9.17, 15) is 4.39 Å². The summed E-state index contributed by atoms with van der Waals surface area (Å²) in [6, 6.07) is 3.34. The average molecular weight is 182 g/mol. The van der Waals surface area contributed by atoms with Crippen molar-refractivity contribution in [3.05, 3.63) is 23.5 Å². The monoisotopic (exact) mass is 182 g/mol. The Morgan fingerprint density at radius 2 is 2.25 bits per heavy atom. The van der Waals surface area contributed by atoms with Gasteiger partial charge in [0.15, 0.2) is 10.9 Å². The molecule has 1 heterocycles. The molecule has 12 heavy (non-hydrogen) atoms. The van der Waals surface area contributed by atoms with Crippen molar-refractivity contribution >= 4 is 26.7 Å². The lowest BCUT2D eigenvalue weighted by atomic mass is 10.2. The third-order valence-corrected chi connectivity index (χ3v) is 2.44. The van der Waals surface area contributed by atoms with Gasteiger partial charge in [0.25, 0.3) is 0 Å². The van der Waals surface area contributed by atoms with Gasteiger partial charge < -0.3 is 5.73 Å². The number of hydrogen-bond acceptors (Lipinski definition) is 3. The number of hydrogen-bond donors (Lipinski definition) is 1. The number of nitrogen functional groups attached to an aromatic ring is 1. The number of rotatable bonds is 0. The number of benzene rings is 1. The first-order valence-corrected chi connectivity index (χ1v) is 4.30. The van der Waals surface area contributed by atoms with E-state index in [0.717, 1.165) is 10.3 Å². The molecular weight excluding hydrogens is 175 g/mol. The van der Waals surface area contributed by atoms with Gasteiger partial charge in [0.05, 0.1) is 4.70 Å². The Bertz CT molecular complexity index is 436. The van der Waals surface area contributed by atoms with Gasteiger partial charge in [-0.2, -0.15) is 0 Å². The van der Waals surface area contributed by atoms with E-state index in [1.807, 2.05) is 13.0 Å². The number of anilines is 1. The molecule has 0 saturated heterocycles. The molecule has 2 nitrogen and oxygen atoms in total. The SMILES string of the molecule is Cc1cc(F)c2nc(N)sc2c1. The zero-order valence-corrected chi connectivity index (χ0v) is 7.28. The number of halogens is 1. The smallest absolute Gasteiger partial charge is 0.181 e. The van der Waals surface area contributed by atoms with Gasteiger partial charge in [0.1, 0.15) is 5.52 Å². The van der Waals surface area contributed by atoms with Crippen molar-refractivity contribution in [2.24, 2.45) is 0 Å². The molecule has 2 N–H and O–H groups in total. The van der Waals surface area contributed by atoms with Crippen LogP contribution in [0.3, 0.4) is 0 Å². The van der Waals surface area contributed by atoms with Crippen LogP contribution in [0.5, 0.6) is 0 Å². The minimum atomic E-state index is -0.294. The quantitative estimate of drug-likeness (QED) is 0.679. The second-order valence-electron chi connectivity index (χ2n) is 2.65. The highest BCUT2D eigenvalue weighted by Gasteiger charge is 2.06. The highest BCUT2D eigenvalue weighted by atomic mass is 32.1. The maximum atomic E-state index is 13.1. The van der Waals surface area contributed by atoms with E-state index >= 15 is 0 Å². The minimum absolute atomic E-state index is 0.294. The van der Waals surface area contributed by atoms with Crippen molar-refractivity contribution in [2.45, 2.75) is 6.92 Å². The summed E-state index contributed by atoms with van der Waals surface area (Å²) < 4.78 is 14.0. The highest BCUT2D eigenvalue weighted by Crippen LogP contribution is 2.26. The summed E-state index contributed by atoms with van der Waals surface area (Å²) in [6.07, 6.45) is 0. The summed E-state index contributed by atoms with van der Waals surface area (Å²) in [4.78, 5) is 3.88. The largest absolute Gasteiger partial charge is 0.375 e. The van der Waals surface area contributed by atoms with Gasteiger partial charge in [-0.25, -0.2) is 9.37 Å². The number of fused-ring (bicyclic) bond motifs is 1. The molecule has 0 radical (unpaired) electrons. The van der Waals surface area contributed by atoms with Gasteiger partial charge in [-0.1, -0.05) is 11.3 Å². The number of aryl methyl sites for hydroxylation is 1. The van der Waals surface area contributed by atoms with E-state index in [1.165, 1.54) is 17.4 Å². The Morgan fingerprint density at radius 1 is 1.50 bits per heavy atom. The Balaban J connectivity index is 2.88. The van der Waals surface area contributed by atoms with Gasteiger partial charge in [-0.3, -0.25) is 0 Å². The van der Waals surface area contributed by atoms with Crippen LogP contribution < -0.4 is 5.73 Å². The fourth-order valence-electron chi connectivity index (χ4n) is 1.13. The summed E-state index contributed by atoms with van der Waals surface area (Å²) in [7, 11) is 0. The Morgan fingerprint density at radius 3 is 3.00 bits per heavy atom. The number of thiazole rings is 1. The van der Waals surface area contributed by atoms with Crippen LogP contribution in [-0.2, 0) is 0 Å². The summed E-state index contributed by atoms with van der Waals surface area (Å²) >= 11 is 1.31. The van der Waals surface area contributed by atoms with Crippen molar-refractivity contribution in [3.8, 4) is 0 Å². The van der Waals surface area contributed by atoms with Crippen LogP contribution in [0.2, 0.25) is 0 Å². The van der Waals surface area contributed by atoms with Crippen LogP contribution >= 0.6 is 11.3 Å². The molecule has 0 aliphatic rings. The van der Waals surface area contributed by atoms with E-state index < -0.39 is 0 Å². The average Bonchev–Trinajstić information content (AvgIpc) is 2.29. The zero-order chi connectivity index (χ0) is 8.72. The number of aromatic nitrogens is 1. The molecule has 0 unspecified atom stereocenters. The minimum Gasteiger partial charge on any atom is -0.375 e. The summed E-state index contributed by atoms with van der Waals surface area (Å²) in [5, 5.41) is 0.412. The van der Waals surface area contributed by atoms with Crippen LogP contribution in [0, 0.1) is 12.7 Å². The van der Waals surface area contributed by atoms with Gasteiger partial charge >= 0.3 is 0 Å². The van der Waals surface area contributed by atoms with E-state index in [1.54, 1.807) is 0 Å². The Hall–Kier alpha value is -1.16. The lowest BCUT2D eigenvalue weighted by Gasteiger charge is -1.92. The van der Waals surface area contributed by atoms with Gasteiger partial charge in [-0.05, 0) is 24.6 Å². The molecular formula is C8H7FN2S. The fraction of sp³-hybridized carbons (Fsp3) is 0.125. The van der Waals surface area contributed by atoms with Crippen LogP contribution in [0.15, 0.2) is 12.1 Å². The van der Waals surface area contributed by atoms with E-state index in [4.69, 9.17) is 5.73 Å².